The molecule has 3 nitrogen and oxygen atoms in total. The maximum absolute atomic E-state index is 6.16. The summed E-state index contributed by atoms with van der Waals surface area (Å²) >= 11 is 0. The fraction of sp³-hybridized carbons (Fsp3) is 0.125. The second-order valence-corrected chi connectivity index (χ2v) is 8.82. The molecule has 0 amide bonds. The molecule has 181 valence electrons. The van der Waals surface area contributed by atoms with Gasteiger partial charge < -0.3 is 14.4 Å². The molecule has 0 aliphatic carbocycles. The molecule has 0 spiro atoms. The molecule has 6 aromatic rings. The van der Waals surface area contributed by atoms with Gasteiger partial charge in [0.1, 0.15) is 5.58 Å². The van der Waals surface area contributed by atoms with Crippen LogP contribution in [0, 0.1) is 19.1 Å². The number of hydrogen-bond acceptors (Lipinski definition) is 3. The van der Waals surface area contributed by atoms with Gasteiger partial charge in [0.15, 0.2) is 0 Å². The van der Waals surface area contributed by atoms with Crippen LogP contribution in [0.1, 0.15) is 30.9 Å². The third-order valence-corrected chi connectivity index (χ3v) is 5.95. The number of hydrogen-bond donors (Lipinski definition) is 0. The van der Waals surface area contributed by atoms with E-state index in [1.165, 1.54) is 11.1 Å². The first-order chi connectivity index (χ1) is 17.1. The van der Waals surface area contributed by atoms with Crippen molar-refractivity contribution in [2.45, 2.75) is 26.7 Å². The summed E-state index contributed by atoms with van der Waals surface area (Å²) in [6.07, 6.45) is 3.59. The van der Waals surface area contributed by atoms with Gasteiger partial charge in [-0.2, -0.15) is 0 Å². The van der Waals surface area contributed by atoms with Crippen LogP contribution in [0.2, 0.25) is 0 Å². The Balaban J connectivity index is 0.000000187. The van der Waals surface area contributed by atoms with Crippen molar-refractivity contribution in [1.82, 2.24) is 9.97 Å². The fourth-order valence-corrected chi connectivity index (χ4v) is 4.00. The van der Waals surface area contributed by atoms with Crippen LogP contribution >= 0.6 is 0 Å². The monoisotopic (exact) mass is 647 g/mol. The van der Waals surface area contributed by atoms with E-state index in [0.717, 1.165) is 44.5 Å². The van der Waals surface area contributed by atoms with Crippen LogP contribution < -0.4 is 0 Å². The Morgan fingerprint density at radius 2 is 1.53 bits per heavy atom. The summed E-state index contributed by atoms with van der Waals surface area (Å²) in [5, 5.41) is 2.26. The van der Waals surface area contributed by atoms with Gasteiger partial charge in [0.2, 0.25) is 0 Å². The molecule has 36 heavy (non-hydrogen) atoms. The summed E-state index contributed by atoms with van der Waals surface area (Å²) in [6.45, 7) is 6.44. The van der Waals surface area contributed by atoms with Crippen molar-refractivity contribution in [2.24, 2.45) is 0 Å². The first-order valence-electron chi connectivity index (χ1n) is 11.8. The van der Waals surface area contributed by atoms with E-state index in [1.807, 2.05) is 54.6 Å². The number of aromatic nitrogens is 2. The third-order valence-electron chi connectivity index (χ3n) is 5.95. The van der Waals surface area contributed by atoms with Crippen molar-refractivity contribution in [2.75, 3.05) is 0 Å². The smallest absolute Gasteiger partial charge is 0.121 e. The Morgan fingerprint density at radius 3 is 2.17 bits per heavy atom. The van der Waals surface area contributed by atoms with E-state index in [-0.39, 0.29) is 20.1 Å². The zero-order chi connectivity index (χ0) is 24.2. The molecule has 0 aliphatic rings. The fourth-order valence-electron chi connectivity index (χ4n) is 4.00. The Kier molecular flexibility index (Phi) is 8.10. The predicted octanol–water partition coefficient (Wildman–Crippen LogP) is 8.43. The van der Waals surface area contributed by atoms with Crippen molar-refractivity contribution in [1.29, 1.82) is 0 Å². The first kappa shape index (κ1) is 25.5. The normalized spacial score (nSPS) is 10.7. The Bertz CT molecular complexity index is 1560. The van der Waals surface area contributed by atoms with Gasteiger partial charge in [-0.15, -0.1) is 53.6 Å². The number of benzene rings is 3. The van der Waals surface area contributed by atoms with E-state index >= 15 is 0 Å². The predicted molar refractivity (Wildman–Crippen MR) is 143 cm³/mol. The molecule has 0 unspecified atom stereocenters. The molecule has 0 atom stereocenters. The Hall–Kier alpha value is -3.59. The average molecular weight is 647 g/mol. The van der Waals surface area contributed by atoms with Gasteiger partial charge in [-0.3, -0.25) is 0 Å². The number of aryl methyl sites for hydroxylation is 1. The molecule has 3 heterocycles. The molecular formula is C32H26IrN2O-2. The molecule has 3 aromatic heterocycles. The Morgan fingerprint density at radius 1 is 0.778 bits per heavy atom. The molecule has 0 fully saturated rings. The minimum absolute atomic E-state index is 0. The third kappa shape index (κ3) is 5.46. The summed E-state index contributed by atoms with van der Waals surface area (Å²) in [4.78, 5) is 8.67. The van der Waals surface area contributed by atoms with Crippen LogP contribution in [-0.2, 0) is 20.1 Å². The molecule has 3 aromatic carbocycles. The zero-order valence-electron chi connectivity index (χ0n) is 20.5. The molecule has 0 aliphatic heterocycles. The van der Waals surface area contributed by atoms with Gasteiger partial charge in [-0.05, 0) is 41.1 Å². The van der Waals surface area contributed by atoms with E-state index in [2.05, 4.69) is 73.2 Å². The van der Waals surface area contributed by atoms with Gasteiger partial charge in [-0.1, -0.05) is 68.1 Å². The van der Waals surface area contributed by atoms with Gasteiger partial charge >= 0.3 is 0 Å². The average Bonchev–Trinajstić information content (AvgIpc) is 3.28. The summed E-state index contributed by atoms with van der Waals surface area (Å²) in [5.41, 5.74) is 8.12. The second kappa shape index (κ2) is 11.4. The quantitative estimate of drug-likeness (QED) is 0.181. The molecular weight excluding hydrogens is 621 g/mol. The van der Waals surface area contributed by atoms with Crippen molar-refractivity contribution >= 4 is 21.9 Å². The summed E-state index contributed by atoms with van der Waals surface area (Å²) in [7, 11) is 0. The molecule has 0 saturated carbocycles. The van der Waals surface area contributed by atoms with E-state index in [0.29, 0.717) is 5.92 Å². The first-order valence-corrected chi connectivity index (χ1v) is 11.8. The zero-order valence-corrected chi connectivity index (χ0v) is 22.8. The minimum atomic E-state index is 0. The second-order valence-electron chi connectivity index (χ2n) is 8.82. The number of fused-ring (bicyclic) bond motifs is 3. The van der Waals surface area contributed by atoms with E-state index in [9.17, 15) is 0 Å². The van der Waals surface area contributed by atoms with Crippen LogP contribution in [0.4, 0.5) is 0 Å². The topological polar surface area (TPSA) is 38.9 Å². The van der Waals surface area contributed by atoms with Crippen molar-refractivity contribution in [3.05, 3.63) is 121 Å². The SMILES string of the molecule is CC(C)c1ccc2c(c1)oc1c(-c3ccccn3)[c-]ccc12.Cc1c[c-]c(-c2ccccn2)cc1.[Ir]. The van der Waals surface area contributed by atoms with Gasteiger partial charge in [0.05, 0.1) is 5.58 Å². The van der Waals surface area contributed by atoms with Crippen molar-refractivity contribution < 1.29 is 24.5 Å². The molecule has 0 saturated heterocycles. The van der Waals surface area contributed by atoms with Crippen molar-refractivity contribution in [3.63, 3.8) is 0 Å². The van der Waals surface area contributed by atoms with Gasteiger partial charge in [0, 0.05) is 37.9 Å². The maximum atomic E-state index is 6.16. The molecule has 0 N–H and O–H groups in total. The summed E-state index contributed by atoms with van der Waals surface area (Å²) in [6, 6.07) is 34.8. The van der Waals surface area contributed by atoms with Gasteiger partial charge in [-0.25, -0.2) is 0 Å². The number of rotatable bonds is 3. The standard InChI is InChI=1S/C20H16NO.C12H10N.Ir/c1-13(2)14-9-10-15-16-6-5-7-17(18-8-3-4-11-21-18)20(16)22-19(15)12-14;1-10-5-7-11(8-6-10)12-4-2-3-9-13-12;/h3-6,8-13H,1-2H3;2-7,9H,1H3;/q2*-1;. The van der Waals surface area contributed by atoms with Crippen LogP contribution in [-0.4, -0.2) is 9.97 Å². The van der Waals surface area contributed by atoms with Crippen LogP contribution in [0.5, 0.6) is 0 Å². The largest absolute Gasteiger partial charge is 0.501 e. The van der Waals surface area contributed by atoms with Crippen LogP contribution in [0.25, 0.3) is 44.5 Å². The van der Waals surface area contributed by atoms with E-state index in [4.69, 9.17) is 4.42 Å². The Labute approximate surface area is 225 Å². The van der Waals surface area contributed by atoms with E-state index < -0.39 is 0 Å². The van der Waals surface area contributed by atoms with Crippen LogP contribution in [0.3, 0.4) is 0 Å². The minimum Gasteiger partial charge on any atom is -0.501 e. The number of furan rings is 1. The molecule has 4 heteroatoms. The molecule has 0 bridgehead atoms. The number of nitrogens with zero attached hydrogens (tertiary/aromatic N) is 2. The summed E-state index contributed by atoms with van der Waals surface area (Å²) < 4.78 is 6.16. The maximum Gasteiger partial charge on any atom is 0.121 e. The van der Waals surface area contributed by atoms with Crippen LogP contribution in [0.15, 0.2) is 102 Å². The molecule has 6 rings (SSSR count). The van der Waals surface area contributed by atoms with E-state index in [1.54, 1.807) is 12.4 Å². The summed E-state index contributed by atoms with van der Waals surface area (Å²) in [5.74, 6) is 0.486. The van der Waals surface area contributed by atoms with Crippen molar-refractivity contribution in [3.8, 4) is 22.5 Å². The van der Waals surface area contributed by atoms with Gasteiger partial charge in [0.25, 0.3) is 0 Å². The number of pyridine rings is 2. The molecule has 1 radical (unpaired) electrons.